The number of carboxylic acids is 1. The summed E-state index contributed by atoms with van der Waals surface area (Å²) in [7, 11) is 0. The molecule has 0 aromatic rings. The summed E-state index contributed by atoms with van der Waals surface area (Å²) in [6.07, 6.45) is 3.62. The van der Waals surface area contributed by atoms with Gasteiger partial charge in [0, 0.05) is 25.2 Å². The Bertz CT molecular complexity index is 414. The predicted molar refractivity (Wildman–Crippen MR) is 83.2 cm³/mol. The molecule has 0 bridgehead atoms. The van der Waals surface area contributed by atoms with Gasteiger partial charge in [-0.3, -0.25) is 4.79 Å². The number of amides is 2. The summed E-state index contributed by atoms with van der Waals surface area (Å²) in [5, 5.41) is 9.52. The van der Waals surface area contributed by atoms with Crippen LogP contribution in [0.25, 0.3) is 0 Å². The summed E-state index contributed by atoms with van der Waals surface area (Å²) in [6.45, 7) is 12.9. The van der Waals surface area contributed by atoms with Gasteiger partial charge in [-0.1, -0.05) is 13.0 Å². The molecule has 0 aromatic carbocycles. The fourth-order valence-corrected chi connectivity index (χ4v) is 2.85. The minimum Gasteiger partial charge on any atom is -0.481 e. The highest BCUT2D eigenvalue weighted by molar-refractivity contribution is 5.79. The Morgan fingerprint density at radius 1 is 1.43 bits per heavy atom. The molecule has 1 fully saturated rings. The van der Waals surface area contributed by atoms with Crippen molar-refractivity contribution in [1.29, 1.82) is 0 Å². The number of hydrogen-bond donors (Lipinski definition) is 1. The average molecular weight is 296 g/mol. The Hall–Kier alpha value is -1.52. The Kier molecular flexibility index (Phi) is 5.42. The van der Waals surface area contributed by atoms with Crippen molar-refractivity contribution in [3.63, 3.8) is 0 Å². The van der Waals surface area contributed by atoms with Gasteiger partial charge >= 0.3 is 12.0 Å². The van der Waals surface area contributed by atoms with E-state index in [1.165, 1.54) is 0 Å². The second-order valence-corrected chi connectivity index (χ2v) is 6.82. The van der Waals surface area contributed by atoms with Crippen molar-refractivity contribution in [2.75, 3.05) is 19.6 Å². The quantitative estimate of drug-likeness (QED) is 0.811. The van der Waals surface area contributed by atoms with Crippen molar-refractivity contribution in [2.45, 2.75) is 52.5 Å². The van der Waals surface area contributed by atoms with Crippen LogP contribution in [-0.2, 0) is 4.79 Å². The molecule has 21 heavy (non-hydrogen) atoms. The van der Waals surface area contributed by atoms with Gasteiger partial charge in [-0.2, -0.15) is 0 Å². The lowest BCUT2D eigenvalue weighted by Gasteiger charge is -2.44. The van der Waals surface area contributed by atoms with E-state index in [-0.39, 0.29) is 11.6 Å². The van der Waals surface area contributed by atoms with Crippen LogP contribution < -0.4 is 0 Å². The standard InChI is InChI=1S/C16H28N2O3/c1-6-10-18(15(3,4)5)14(21)17-11-8-9-16(7-2,12-17)13(19)20/h6H,1,7-12H2,2-5H3,(H,19,20). The molecule has 0 saturated carbocycles. The van der Waals surface area contributed by atoms with E-state index in [4.69, 9.17) is 0 Å². The maximum Gasteiger partial charge on any atom is 0.320 e. The van der Waals surface area contributed by atoms with Gasteiger partial charge < -0.3 is 14.9 Å². The molecule has 1 heterocycles. The monoisotopic (exact) mass is 296 g/mol. The van der Waals surface area contributed by atoms with Crippen molar-refractivity contribution in [2.24, 2.45) is 5.41 Å². The molecule has 1 unspecified atom stereocenters. The minimum absolute atomic E-state index is 0.0961. The third kappa shape index (κ3) is 3.77. The van der Waals surface area contributed by atoms with Gasteiger partial charge in [0.2, 0.25) is 0 Å². The summed E-state index contributed by atoms with van der Waals surface area (Å²) in [4.78, 5) is 27.8. The molecule has 0 spiro atoms. The van der Waals surface area contributed by atoms with E-state index in [1.807, 2.05) is 27.7 Å². The van der Waals surface area contributed by atoms with Gasteiger partial charge in [0.15, 0.2) is 0 Å². The van der Waals surface area contributed by atoms with Crippen molar-refractivity contribution in [1.82, 2.24) is 9.80 Å². The van der Waals surface area contributed by atoms with Gasteiger partial charge in [0.25, 0.3) is 0 Å². The molecule has 5 heteroatoms. The molecule has 1 rings (SSSR count). The zero-order chi connectivity index (χ0) is 16.3. The number of nitrogens with zero attached hydrogens (tertiary/aromatic N) is 2. The zero-order valence-corrected chi connectivity index (χ0v) is 13.7. The maximum atomic E-state index is 12.8. The molecule has 0 aliphatic carbocycles. The van der Waals surface area contributed by atoms with E-state index in [9.17, 15) is 14.7 Å². The molecule has 0 radical (unpaired) electrons. The fraction of sp³-hybridized carbons (Fsp3) is 0.750. The van der Waals surface area contributed by atoms with Crippen LogP contribution in [0.2, 0.25) is 0 Å². The minimum atomic E-state index is -0.800. The summed E-state index contributed by atoms with van der Waals surface area (Å²) in [5.74, 6) is -0.798. The summed E-state index contributed by atoms with van der Waals surface area (Å²) >= 11 is 0. The third-order valence-electron chi connectivity index (χ3n) is 4.33. The Balaban J connectivity index is 2.95. The number of carbonyl (C=O) groups excluding carboxylic acids is 1. The number of likely N-dealkylation sites (tertiary alicyclic amines) is 1. The number of carboxylic acid groups (broad SMARTS) is 1. The SMILES string of the molecule is C=CCN(C(=O)N1CCCC(CC)(C(=O)O)C1)C(C)(C)C. The van der Waals surface area contributed by atoms with E-state index in [0.29, 0.717) is 32.5 Å². The Labute approximate surface area is 127 Å². The lowest BCUT2D eigenvalue weighted by Crippen LogP contribution is -2.57. The highest BCUT2D eigenvalue weighted by Gasteiger charge is 2.43. The average Bonchev–Trinajstić information content (AvgIpc) is 2.42. The van der Waals surface area contributed by atoms with E-state index in [2.05, 4.69) is 6.58 Å². The molecule has 1 saturated heterocycles. The number of hydrogen-bond acceptors (Lipinski definition) is 2. The number of carbonyl (C=O) groups is 2. The van der Waals surface area contributed by atoms with Crippen LogP contribution in [0.3, 0.4) is 0 Å². The van der Waals surface area contributed by atoms with Crippen LogP contribution in [-0.4, -0.2) is 52.1 Å². The smallest absolute Gasteiger partial charge is 0.320 e. The summed E-state index contributed by atoms with van der Waals surface area (Å²) in [6, 6.07) is -0.0961. The van der Waals surface area contributed by atoms with Crippen LogP contribution >= 0.6 is 0 Å². The van der Waals surface area contributed by atoms with Crippen LogP contribution in [0.15, 0.2) is 12.7 Å². The first-order valence-corrected chi connectivity index (χ1v) is 7.59. The molecule has 0 aromatic heterocycles. The highest BCUT2D eigenvalue weighted by atomic mass is 16.4. The van der Waals surface area contributed by atoms with E-state index < -0.39 is 11.4 Å². The number of urea groups is 1. The van der Waals surface area contributed by atoms with E-state index in [0.717, 1.165) is 6.42 Å². The predicted octanol–water partition coefficient (Wildman–Crippen LogP) is 2.97. The van der Waals surface area contributed by atoms with Gasteiger partial charge in [0.05, 0.1) is 5.41 Å². The van der Waals surface area contributed by atoms with Crippen LogP contribution in [0.4, 0.5) is 4.79 Å². The molecular formula is C16H28N2O3. The first-order chi connectivity index (χ1) is 9.68. The van der Waals surface area contributed by atoms with Crippen molar-refractivity contribution >= 4 is 12.0 Å². The Morgan fingerprint density at radius 2 is 2.05 bits per heavy atom. The highest BCUT2D eigenvalue weighted by Crippen LogP contribution is 2.34. The summed E-state index contributed by atoms with van der Waals surface area (Å²) in [5.41, 5.74) is -1.12. The lowest BCUT2D eigenvalue weighted by molar-refractivity contribution is -0.152. The van der Waals surface area contributed by atoms with Crippen molar-refractivity contribution in [3.05, 3.63) is 12.7 Å². The molecule has 2 amide bonds. The zero-order valence-electron chi connectivity index (χ0n) is 13.7. The molecule has 1 N–H and O–H groups in total. The van der Waals surface area contributed by atoms with E-state index in [1.54, 1.807) is 15.9 Å². The van der Waals surface area contributed by atoms with Gasteiger partial charge in [-0.15, -0.1) is 6.58 Å². The lowest BCUT2D eigenvalue weighted by atomic mass is 9.78. The first kappa shape index (κ1) is 17.5. The Morgan fingerprint density at radius 3 is 2.48 bits per heavy atom. The molecular weight excluding hydrogens is 268 g/mol. The normalized spacial score (nSPS) is 22.8. The van der Waals surface area contributed by atoms with Crippen LogP contribution in [0.5, 0.6) is 0 Å². The van der Waals surface area contributed by atoms with Crippen molar-refractivity contribution < 1.29 is 14.7 Å². The second-order valence-electron chi connectivity index (χ2n) is 6.82. The number of rotatable bonds is 4. The number of aliphatic carboxylic acids is 1. The van der Waals surface area contributed by atoms with E-state index >= 15 is 0 Å². The van der Waals surface area contributed by atoms with Gasteiger partial charge in [-0.25, -0.2) is 4.79 Å². The third-order valence-corrected chi connectivity index (χ3v) is 4.33. The molecule has 1 atom stereocenters. The second kappa shape index (κ2) is 6.50. The van der Waals surface area contributed by atoms with Gasteiger partial charge in [-0.05, 0) is 40.0 Å². The van der Waals surface area contributed by atoms with Gasteiger partial charge in [0.1, 0.15) is 0 Å². The largest absolute Gasteiger partial charge is 0.481 e. The first-order valence-electron chi connectivity index (χ1n) is 7.59. The maximum absolute atomic E-state index is 12.8. The van der Waals surface area contributed by atoms with Crippen molar-refractivity contribution in [3.8, 4) is 0 Å². The molecule has 1 aliphatic heterocycles. The fourth-order valence-electron chi connectivity index (χ4n) is 2.85. The number of piperidine rings is 1. The topological polar surface area (TPSA) is 60.9 Å². The molecule has 120 valence electrons. The molecule has 1 aliphatic rings. The van der Waals surface area contributed by atoms with Crippen LogP contribution in [0, 0.1) is 5.41 Å². The van der Waals surface area contributed by atoms with Crippen LogP contribution in [0.1, 0.15) is 47.0 Å². The summed E-state index contributed by atoms with van der Waals surface area (Å²) < 4.78 is 0. The molecule has 5 nitrogen and oxygen atoms in total.